The van der Waals surface area contributed by atoms with Crippen molar-refractivity contribution in [2.75, 3.05) is 13.6 Å². The highest BCUT2D eigenvalue weighted by atomic mass is 16.2. The number of rotatable bonds is 5. The number of amides is 5. The molecule has 8 nitrogen and oxygen atoms in total. The minimum atomic E-state index is -0.763. The average Bonchev–Trinajstić information content (AvgIpc) is 2.75. The molecule has 5 amide bonds. The maximum atomic E-state index is 12.5. The Morgan fingerprint density at radius 3 is 2.52 bits per heavy atom. The van der Waals surface area contributed by atoms with Gasteiger partial charge in [-0.1, -0.05) is 19.3 Å². The lowest BCUT2D eigenvalue weighted by Crippen LogP contribution is -2.48. The summed E-state index contributed by atoms with van der Waals surface area (Å²) in [6.45, 7) is 1.60. The van der Waals surface area contributed by atoms with Crippen molar-refractivity contribution in [3.63, 3.8) is 0 Å². The van der Waals surface area contributed by atoms with Gasteiger partial charge in [-0.2, -0.15) is 0 Å². The molecule has 1 unspecified atom stereocenters. The van der Waals surface area contributed by atoms with Gasteiger partial charge in [0.25, 0.3) is 5.91 Å². The Balaban J connectivity index is 1.88. The van der Waals surface area contributed by atoms with Crippen LogP contribution in [0.5, 0.6) is 0 Å². The molecule has 3 N–H and O–H groups in total. The number of hydrogen-bond donors (Lipinski definition) is 3. The molecule has 1 atom stereocenters. The van der Waals surface area contributed by atoms with Crippen molar-refractivity contribution in [2.24, 2.45) is 0 Å². The van der Waals surface area contributed by atoms with Gasteiger partial charge in [-0.25, -0.2) is 4.79 Å². The van der Waals surface area contributed by atoms with E-state index in [0.29, 0.717) is 12.8 Å². The van der Waals surface area contributed by atoms with Crippen LogP contribution in [0.4, 0.5) is 4.79 Å². The van der Waals surface area contributed by atoms with Crippen LogP contribution < -0.4 is 16.0 Å². The zero-order chi connectivity index (χ0) is 17.0. The number of urea groups is 1. The van der Waals surface area contributed by atoms with Crippen LogP contribution in [0, 0.1) is 0 Å². The fourth-order valence-electron chi connectivity index (χ4n) is 3.18. The molecule has 2 aliphatic rings. The molecule has 0 aromatic rings. The molecule has 1 saturated carbocycles. The van der Waals surface area contributed by atoms with Crippen LogP contribution in [-0.2, 0) is 14.4 Å². The third kappa shape index (κ3) is 3.62. The van der Waals surface area contributed by atoms with E-state index in [2.05, 4.69) is 16.0 Å². The Morgan fingerprint density at radius 1 is 1.26 bits per heavy atom. The summed E-state index contributed by atoms with van der Waals surface area (Å²) in [6, 6.07) is -1.08. The van der Waals surface area contributed by atoms with Crippen molar-refractivity contribution in [1.29, 1.82) is 0 Å². The molecule has 2 fully saturated rings. The van der Waals surface area contributed by atoms with Gasteiger partial charge >= 0.3 is 6.03 Å². The fourth-order valence-corrected chi connectivity index (χ4v) is 3.18. The van der Waals surface area contributed by atoms with Crippen LogP contribution in [-0.4, -0.2) is 53.8 Å². The van der Waals surface area contributed by atoms with Gasteiger partial charge in [-0.05, 0) is 19.8 Å². The number of hydrogen-bond acceptors (Lipinski definition) is 4. The molecule has 0 radical (unpaired) electrons. The van der Waals surface area contributed by atoms with Gasteiger partial charge in [0.05, 0.1) is 0 Å². The number of carbonyl (C=O) groups is 4. The van der Waals surface area contributed by atoms with Crippen molar-refractivity contribution in [1.82, 2.24) is 20.9 Å². The van der Waals surface area contributed by atoms with Gasteiger partial charge in [0, 0.05) is 20.0 Å². The molecule has 8 heteroatoms. The first kappa shape index (κ1) is 17.2. The molecule has 2 rings (SSSR count). The Labute approximate surface area is 135 Å². The topological polar surface area (TPSA) is 108 Å². The van der Waals surface area contributed by atoms with Gasteiger partial charge in [0.15, 0.2) is 0 Å². The van der Waals surface area contributed by atoms with E-state index in [0.717, 1.165) is 24.2 Å². The molecule has 0 bridgehead atoms. The van der Waals surface area contributed by atoms with E-state index in [9.17, 15) is 19.2 Å². The van der Waals surface area contributed by atoms with Gasteiger partial charge in [-0.15, -0.1) is 0 Å². The lowest BCUT2D eigenvalue weighted by molar-refractivity contribution is -0.133. The molecule has 23 heavy (non-hydrogen) atoms. The maximum absolute atomic E-state index is 12.5. The van der Waals surface area contributed by atoms with Crippen LogP contribution in [0.2, 0.25) is 0 Å². The largest absolute Gasteiger partial charge is 0.357 e. The zero-order valence-corrected chi connectivity index (χ0v) is 13.6. The molecular formula is C15H24N4O4. The van der Waals surface area contributed by atoms with E-state index in [-0.39, 0.29) is 30.7 Å². The predicted molar refractivity (Wildman–Crippen MR) is 82.3 cm³/mol. The number of imide groups is 1. The summed E-state index contributed by atoms with van der Waals surface area (Å²) in [5.41, 5.74) is -0.763. The van der Waals surface area contributed by atoms with Gasteiger partial charge in [0.2, 0.25) is 11.8 Å². The van der Waals surface area contributed by atoms with E-state index < -0.39 is 17.6 Å². The smallest absolute Gasteiger partial charge is 0.325 e. The Morgan fingerprint density at radius 2 is 1.91 bits per heavy atom. The summed E-state index contributed by atoms with van der Waals surface area (Å²) in [7, 11) is 1.49. The molecule has 1 heterocycles. The molecule has 1 aliphatic heterocycles. The molecule has 128 valence electrons. The van der Waals surface area contributed by atoms with Gasteiger partial charge < -0.3 is 16.0 Å². The van der Waals surface area contributed by atoms with Crippen LogP contribution >= 0.6 is 0 Å². The second-order valence-electron chi connectivity index (χ2n) is 6.18. The van der Waals surface area contributed by atoms with Gasteiger partial charge in [0.1, 0.15) is 11.6 Å². The Hall–Kier alpha value is -2.12. The summed E-state index contributed by atoms with van der Waals surface area (Å²) in [4.78, 5) is 48.9. The van der Waals surface area contributed by atoms with Crippen LogP contribution in [0.3, 0.4) is 0 Å². The molecule has 0 aromatic carbocycles. The van der Waals surface area contributed by atoms with Crippen LogP contribution in [0.25, 0.3) is 0 Å². The Bertz CT molecular complexity index is 514. The highest BCUT2D eigenvalue weighted by molar-refractivity contribution is 6.07. The van der Waals surface area contributed by atoms with Crippen molar-refractivity contribution in [3.8, 4) is 0 Å². The molecule has 1 spiro atoms. The van der Waals surface area contributed by atoms with E-state index in [4.69, 9.17) is 0 Å². The Kier molecular flexibility index (Phi) is 5.23. The van der Waals surface area contributed by atoms with Crippen LogP contribution in [0.15, 0.2) is 0 Å². The van der Waals surface area contributed by atoms with Crippen LogP contribution in [0.1, 0.15) is 45.4 Å². The first-order valence-corrected chi connectivity index (χ1v) is 8.05. The number of nitrogens with one attached hydrogen (secondary N) is 3. The minimum Gasteiger partial charge on any atom is -0.357 e. The predicted octanol–water partition coefficient (Wildman–Crippen LogP) is -0.118. The second-order valence-corrected chi connectivity index (χ2v) is 6.18. The van der Waals surface area contributed by atoms with Crippen molar-refractivity contribution >= 4 is 23.8 Å². The standard InChI is InChI=1S/C15H24N4O4/c1-10(12(21)16-2)17-11(20)6-9-19-13(22)15(18-14(19)23)7-4-3-5-8-15/h10H,3-9H2,1-2H3,(H,16,21)(H,17,20)(H,18,23). The van der Waals surface area contributed by atoms with Gasteiger partial charge in [-0.3, -0.25) is 19.3 Å². The maximum Gasteiger partial charge on any atom is 0.325 e. The normalized spacial score (nSPS) is 21.0. The lowest BCUT2D eigenvalue weighted by Gasteiger charge is -2.30. The van der Waals surface area contributed by atoms with Crippen molar-refractivity contribution < 1.29 is 19.2 Å². The van der Waals surface area contributed by atoms with E-state index in [1.807, 2.05) is 0 Å². The van der Waals surface area contributed by atoms with Crippen molar-refractivity contribution in [3.05, 3.63) is 0 Å². The summed E-state index contributed by atoms with van der Waals surface area (Å²) < 4.78 is 0. The quantitative estimate of drug-likeness (QED) is 0.613. The van der Waals surface area contributed by atoms with E-state index >= 15 is 0 Å². The summed E-state index contributed by atoms with van der Waals surface area (Å²) in [5, 5.41) is 7.78. The SMILES string of the molecule is CNC(=O)C(C)NC(=O)CCN1C(=O)NC2(CCCCC2)C1=O. The molecule has 0 aromatic heterocycles. The fraction of sp³-hybridized carbons (Fsp3) is 0.733. The molecule has 1 aliphatic carbocycles. The first-order chi connectivity index (χ1) is 10.9. The summed E-state index contributed by atoms with van der Waals surface area (Å²) >= 11 is 0. The minimum absolute atomic E-state index is 0.0173. The van der Waals surface area contributed by atoms with E-state index in [1.54, 1.807) is 6.92 Å². The summed E-state index contributed by atoms with van der Waals surface area (Å²) in [5.74, 6) is -0.893. The number of nitrogens with zero attached hydrogens (tertiary/aromatic N) is 1. The van der Waals surface area contributed by atoms with Crippen molar-refractivity contribution in [2.45, 2.75) is 57.0 Å². The highest BCUT2D eigenvalue weighted by Gasteiger charge is 2.51. The number of carbonyl (C=O) groups excluding carboxylic acids is 4. The lowest BCUT2D eigenvalue weighted by atomic mass is 9.82. The third-order valence-electron chi connectivity index (χ3n) is 4.53. The average molecular weight is 324 g/mol. The molecule has 1 saturated heterocycles. The first-order valence-electron chi connectivity index (χ1n) is 8.05. The molecular weight excluding hydrogens is 300 g/mol. The summed E-state index contributed by atoms with van der Waals surface area (Å²) in [6.07, 6.45) is 4.22. The third-order valence-corrected chi connectivity index (χ3v) is 4.53. The van der Waals surface area contributed by atoms with E-state index in [1.165, 1.54) is 7.05 Å². The number of likely N-dealkylation sites (N-methyl/N-ethyl adjacent to an activating group) is 1. The zero-order valence-electron chi connectivity index (χ0n) is 13.6. The highest BCUT2D eigenvalue weighted by Crippen LogP contribution is 2.33. The second kappa shape index (κ2) is 6.97. The monoisotopic (exact) mass is 324 g/mol.